The van der Waals surface area contributed by atoms with Crippen LogP contribution in [0, 0.1) is 6.92 Å². The molecule has 1 aromatic heterocycles. The van der Waals surface area contributed by atoms with Crippen molar-refractivity contribution in [3.8, 4) is 0 Å². The summed E-state index contributed by atoms with van der Waals surface area (Å²) < 4.78 is 0. The molecule has 0 aliphatic carbocycles. The Morgan fingerprint density at radius 1 is 1.37 bits per heavy atom. The molecule has 1 aliphatic heterocycles. The summed E-state index contributed by atoms with van der Waals surface area (Å²) in [5.41, 5.74) is 3.32. The Morgan fingerprint density at radius 3 is 3.16 bits per heavy atom. The second-order valence-electron chi connectivity index (χ2n) is 5.42. The third-order valence-electron chi connectivity index (χ3n) is 3.83. The summed E-state index contributed by atoms with van der Waals surface area (Å²) in [5, 5.41) is 7.09. The van der Waals surface area contributed by atoms with Gasteiger partial charge in [-0.25, -0.2) is 4.98 Å². The van der Waals surface area contributed by atoms with Crippen molar-refractivity contribution >= 4 is 16.7 Å². The maximum atomic E-state index is 4.41. The number of nitrogens with one attached hydrogen (secondary N) is 3. The van der Waals surface area contributed by atoms with Gasteiger partial charge in [0.05, 0.1) is 11.0 Å². The molecule has 1 saturated heterocycles. The van der Waals surface area contributed by atoms with Crippen molar-refractivity contribution in [3.63, 3.8) is 0 Å². The van der Waals surface area contributed by atoms with E-state index in [0.717, 1.165) is 23.4 Å². The molecule has 3 rings (SSSR count). The molecule has 102 valence electrons. The summed E-state index contributed by atoms with van der Waals surface area (Å²) in [6, 6.07) is 7.01. The zero-order valence-electron chi connectivity index (χ0n) is 11.5. The average Bonchev–Trinajstić information content (AvgIpc) is 2.79. The van der Waals surface area contributed by atoms with Gasteiger partial charge in [0, 0.05) is 18.3 Å². The number of H-pyrrole nitrogens is 1. The Balaban J connectivity index is 1.55. The van der Waals surface area contributed by atoms with Gasteiger partial charge < -0.3 is 15.6 Å². The minimum atomic E-state index is 0.694. The third kappa shape index (κ3) is 3.07. The number of anilines is 1. The van der Waals surface area contributed by atoms with Gasteiger partial charge in [-0.05, 0) is 50.9 Å². The summed E-state index contributed by atoms with van der Waals surface area (Å²) >= 11 is 0. The van der Waals surface area contributed by atoms with Gasteiger partial charge >= 0.3 is 0 Å². The monoisotopic (exact) mass is 258 g/mol. The van der Waals surface area contributed by atoms with Gasteiger partial charge in [0.2, 0.25) is 0 Å². The van der Waals surface area contributed by atoms with Crippen LogP contribution in [0.3, 0.4) is 0 Å². The fourth-order valence-electron chi connectivity index (χ4n) is 2.81. The largest absolute Gasteiger partial charge is 0.385 e. The molecule has 19 heavy (non-hydrogen) atoms. The van der Waals surface area contributed by atoms with E-state index >= 15 is 0 Å². The van der Waals surface area contributed by atoms with Gasteiger partial charge in [0.1, 0.15) is 5.82 Å². The highest BCUT2D eigenvalue weighted by Gasteiger charge is 2.11. The number of aryl methyl sites for hydroxylation is 1. The molecule has 0 spiro atoms. The first-order chi connectivity index (χ1) is 9.31. The topological polar surface area (TPSA) is 52.7 Å². The number of fused-ring (bicyclic) bond motifs is 1. The fraction of sp³-hybridized carbons (Fsp3) is 0.533. The molecule has 0 saturated carbocycles. The SMILES string of the molecule is Cc1nc2ccc(NCCC3CCCCN3)cc2[nH]1. The summed E-state index contributed by atoms with van der Waals surface area (Å²) in [4.78, 5) is 7.69. The summed E-state index contributed by atoms with van der Waals surface area (Å²) in [6.45, 7) is 4.20. The van der Waals surface area contributed by atoms with E-state index < -0.39 is 0 Å². The minimum absolute atomic E-state index is 0.694. The van der Waals surface area contributed by atoms with E-state index in [1.165, 1.54) is 37.9 Å². The van der Waals surface area contributed by atoms with Crippen LogP contribution in [0.2, 0.25) is 0 Å². The molecule has 2 aromatic rings. The van der Waals surface area contributed by atoms with E-state index in [-0.39, 0.29) is 0 Å². The van der Waals surface area contributed by atoms with Crippen LogP contribution in [0.4, 0.5) is 5.69 Å². The number of aromatic nitrogens is 2. The highest BCUT2D eigenvalue weighted by atomic mass is 14.9. The molecular formula is C15H22N4. The van der Waals surface area contributed by atoms with Gasteiger partial charge in [-0.3, -0.25) is 0 Å². The van der Waals surface area contributed by atoms with E-state index in [2.05, 4.69) is 38.8 Å². The van der Waals surface area contributed by atoms with Crippen molar-refractivity contribution in [3.05, 3.63) is 24.0 Å². The normalized spacial score (nSPS) is 19.7. The summed E-state index contributed by atoms with van der Waals surface area (Å²) in [7, 11) is 0. The van der Waals surface area contributed by atoms with Crippen molar-refractivity contribution in [2.45, 2.75) is 38.6 Å². The van der Waals surface area contributed by atoms with Crippen LogP contribution in [0.15, 0.2) is 18.2 Å². The molecule has 4 nitrogen and oxygen atoms in total. The van der Waals surface area contributed by atoms with Crippen molar-refractivity contribution in [1.82, 2.24) is 15.3 Å². The van der Waals surface area contributed by atoms with Crippen LogP contribution in [-0.2, 0) is 0 Å². The van der Waals surface area contributed by atoms with Crippen LogP contribution in [0.1, 0.15) is 31.5 Å². The van der Waals surface area contributed by atoms with Crippen molar-refractivity contribution in [2.24, 2.45) is 0 Å². The molecular weight excluding hydrogens is 236 g/mol. The minimum Gasteiger partial charge on any atom is -0.385 e. The summed E-state index contributed by atoms with van der Waals surface area (Å²) in [5.74, 6) is 0.971. The van der Waals surface area contributed by atoms with E-state index in [1.807, 2.05) is 6.92 Å². The van der Waals surface area contributed by atoms with E-state index in [1.54, 1.807) is 0 Å². The highest BCUT2D eigenvalue weighted by molar-refractivity contribution is 5.79. The zero-order chi connectivity index (χ0) is 13.1. The predicted molar refractivity (Wildman–Crippen MR) is 79.6 cm³/mol. The van der Waals surface area contributed by atoms with E-state index in [0.29, 0.717) is 6.04 Å². The van der Waals surface area contributed by atoms with Gasteiger partial charge in [-0.1, -0.05) is 6.42 Å². The first-order valence-electron chi connectivity index (χ1n) is 7.25. The molecule has 0 radical (unpaired) electrons. The molecule has 3 N–H and O–H groups in total. The molecule has 4 heteroatoms. The molecule has 1 fully saturated rings. The summed E-state index contributed by atoms with van der Waals surface area (Å²) in [6.07, 6.45) is 5.22. The molecule has 2 heterocycles. The Morgan fingerprint density at radius 2 is 2.32 bits per heavy atom. The number of benzene rings is 1. The quantitative estimate of drug-likeness (QED) is 0.790. The van der Waals surface area contributed by atoms with Crippen LogP contribution in [-0.4, -0.2) is 29.1 Å². The van der Waals surface area contributed by atoms with Gasteiger partial charge in [0.25, 0.3) is 0 Å². The highest BCUT2D eigenvalue weighted by Crippen LogP contribution is 2.17. The smallest absolute Gasteiger partial charge is 0.104 e. The van der Waals surface area contributed by atoms with Gasteiger partial charge in [0.15, 0.2) is 0 Å². The molecule has 0 amide bonds. The molecule has 1 unspecified atom stereocenters. The Labute approximate surface area is 114 Å². The second kappa shape index (κ2) is 5.61. The van der Waals surface area contributed by atoms with Gasteiger partial charge in [-0.2, -0.15) is 0 Å². The van der Waals surface area contributed by atoms with Crippen LogP contribution < -0.4 is 10.6 Å². The number of hydrogen-bond acceptors (Lipinski definition) is 3. The average molecular weight is 258 g/mol. The first kappa shape index (κ1) is 12.5. The van der Waals surface area contributed by atoms with Crippen molar-refractivity contribution in [2.75, 3.05) is 18.4 Å². The molecule has 1 aromatic carbocycles. The number of hydrogen-bond donors (Lipinski definition) is 3. The van der Waals surface area contributed by atoms with E-state index in [9.17, 15) is 0 Å². The number of nitrogens with zero attached hydrogens (tertiary/aromatic N) is 1. The second-order valence-corrected chi connectivity index (χ2v) is 5.42. The van der Waals surface area contributed by atoms with Crippen LogP contribution >= 0.6 is 0 Å². The Bertz CT molecular complexity index is 540. The lowest BCUT2D eigenvalue weighted by atomic mass is 10.0. The molecule has 1 atom stereocenters. The lowest BCUT2D eigenvalue weighted by molar-refractivity contribution is 0.389. The standard InChI is InChI=1S/C15H22N4/c1-11-18-14-6-5-13(10-15(14)19-11)17-9-7-12-4-2-3-8-16-12/h5-6,10,12,16-17H,2-4,7-9H2,1H3,(H,18,19). The first-order valence-corrected chi connectivity index (χ1v) is 7.25. The third-order valence-corrected chi connectivity index (χ3v) is 3.83. The van der Waals surface area contributed by atoms with Crippen molar-refractivity contribution in [1.29, 1.82) is 0 Å². The lowest BCUT2D eigenvalue weighted by Gasteiger charge is -2.23. The number of rotatable bonds is 4. The lowest BCUT2D eigenvalue weighted by Crippen LogP contribution is -2.35. The Hall–Kier alpha value is -1.55. The zero-order valence-corrected chi connectivity index (χ0v) is 11.5. The molecule has 1 aliphatic rings. The van der Waals surface area contributed by atoms with Crippen LogP contribution in [0.5, 0.6) is 0 Å². The number of aromatic amines is 1. The maximum absolute atomic E-state index is 4.41. The molecule has 0 bridgehead atoms. The fourth-order valence-corrected chi connectivity index (χ4v) is 2.81. The Kier molecular flexibility index (Phi) is 3.69. The number of piperidine rings is 1. The van der Waals surface area contributed by atoms with Gasteiger partial charge in [-0.15, -0.1) is 0 Å². The maximum Gasteiger partial charge on any atom is 0.104 e. The number of imidazole rings is 1. The van der Waals surface area contributed by atoms with E-state index in [4.69, 9.17) is 0 Å². The van der Waals surface area contributed by atoms with Crippen molar-refractivity contribution < 1.29 is 0 Å². The van der Waals surface area contributed by atoms with Crippen LogP contribution in [0.25, 0.3) is 11.0 Å². The predicted octanol–water partition coefficient (Wildman–Crippen LogP) is 2.82.